The van der Waals surface area contributed by atoms with Crippen LogP contribution in [0.4, 0.5) is 18.9 Å². The lowest BCUT2D eigenvalue weighted by atomic mass is 10.1. The first kappa shape index (κ1) is 19.4. The third-order valence-electron chi connectivity index (χ3n) is 3.75. The summed E-state index contributed by atoms with van der Waals surface area (Å²) in [4.78, 5) is 16.5. The minimum Gasteiger partial charge on any atom is -0.324 e. The molecule has 3 nitrogen and oxygen atoms in total. The van der Waals surface area contributed by atoms with Gasteiger partial charge in [-0.25, -0.2) is 4.98 Å². The molecule has 0 aliphatic heterocycles. The van der Waals surface area contributed by atoms with Crippen LogP contribution in [-0.2, 0) is 17.4 Å². The van der Waals surface area contributed by atoms with Gasteiger partial charge in [-0.1, -0.05) is 29.8 Å². The Morgan fingerprint density at radius 2 is 1.89 bits per heavy atom. The standard InChI is InChI=1S/C19H14ClF3N2OS/c1-11-2-7-16(15(20)8-11)25-17(26)9-14-10-27-18(24-14)12-3-5-13(6-4-12)19(21,22)23/h2-8,10H,9H2,1H3,(H,25,26). The summed E-state index contributed by atoms with van der Waals surface area (Å²) in [6, 6.07) is 10.1. The molecule has 0 bridgehead atoms. The van der Waals surface area contributed by atoms with Crippen LogP contribution in [0.15, 0.2) is 47.8 Å². The van der Waals surface area contributed by atoms with Gasteiger partial charge in [0.2, 0.25) is 5.91 Å². The number of carbonyl (C=O) groups excluding carboxylic acids is 1. The van der Waals surface area contributed by atoms with Crippen molar-refractivity contribution in [2.45, 2.75) is 19.5 Å². The van der Waals surface area contributed by atoms with E-state index < -0.39 is 11.7 Å². The molecule has 8 heteroatoms. The molecule has 0 atom stereocenters. The van der Waals surface area contributed by atoms with Crippen LogP contribution >= 0.6 is 22.9 Å². The molecular formula is C19H14ClF3N2OS. The molecule has 0 spiro atoms. The Morgan fingerprint density at radius 3 is 2.52 bits per heavy atom. The number of aryl methyl sites for hydroxylation is 1. The monoisotopic (exact) mass is 410 g/mol. The van der Waals surface area contributed by atoms with E-state index in [1.807, 2.05) is 13.0 Å². The number of carbonyl (C=O) groups is 1. The molecule has 3 aromatic rings. The molecule has 1 N–H and O–H groups in total. The van der Waals surface area contributed by atoms with Crippen molar-refractivity contribution in [3.8, 4) is 10.6 Å². The van der Waals surface area contributed by atoms with Gasteiger partial charge in [0.15, 0.2) is 0 Å². The van der Waals surface area contributed by atoms with Crippen molar-refractivity contribution < 1.29 is 18.0 Å². The molecule has 1 amide bonds. The van der Waals surface area contributed by atoms with Crippen molar-refractivity contribution in [2.75, 3.05) is 5.32 Å². The first-order chi connectivity index (χ1) is 12.7. The first-order valence-electron chi connectivity index (χ1n) is 7.90. The fourth-order valence-corrected chi connectivity index (χ4v) is 3.51. The summed E-state index contributed by atoms with van der Waals surface area (Å²) in [6.45, 7) is 1.90. The van der Waals surface area contributed by atoms with Crippen molar-refractivity contribution >= 4 is 34.5 Å². The fourth-order valence-electron chi connectivity index (χ4n) is 2.40. The van der Waals surface area contributed by atoms with Crippen molar-refractivity contribution in [3.05, 3.63) is 69.7 Å². The Morgan fingerprint density at radius 1 is 1.19 bits per heavy atom. The minimum absolute atomic E-state index is 0.0430. The van der Waals surface area contributed by atoms with Gasteiger partial charge < -0.3 is 5.32 Å². The molecular weight excluding hydrogens is 397 g/mol. The molecule has 1 aromatic heterocycles. The van der Waals surface area contributed by atoms with Crippen LogP contribution < -0.4 is 5.32 Å². The highest BCUT2D eigenvalue weighted by molar-refractivity contribution is 7.13. The van der Waals surface area contributed by atoms with E-state index in [1.165, 1.54) is 23.5 Å². The summed E-state index contributed by atoms with van der Waals surface area (Å²) in [7, 11) is 0. The summed E-state index contributed by atoms with van der Waals surface area (Å²) in [5.41, 5.74) is 1.90. The molecule has 0 fully saturated rings. The van der Waals surface area contributed by atoms with Crippen LogP contribution in [0.25, 0.3) is 10.6 Å². The van der Waals surface area contributed by atoms with Crippen LogP contribution in [0.1, 0.15) is 16.8 Å². The average molecular weight is 411 g/mol. The highest BCUT2D eigenvalue weighted by Crippen LogP contribution is 2.32. The van der Waals surface area contributed by atoms with Gasteiger partial charge in [0.05, 0.1) is 28.4 Å². The predicted octanol–water partition coefficient (Wildman–Crippen LogP) is 5.97. The summed E-state index contributed by atoms with van der Waals surface area (Å²) >= 11 is 7.37. The van der Waals surface area contributed by atoms with E-state index in [0.29, 0.717) is 27.0 Å². The number of benzene rings is 2. The lowest BCUT2D eigenvalue weighted by molar-refractivity contribution is -0.137. The number of amides is 1. The lowest BCUT2D eigenvalue weighted by Gasteiger charge is -2.07. The topological polar surface area (TPSA) is 42.0 Å². The zero-order valence-electron chi connectivity index (χ0n) is 14.1. The lowest BCUT2D eigenvalue weighted by Crippen LogP contribution is -2.14. The predicted molar refractivity (Wildman–Crippen MR) is 101 cm³/mol. The zero-order valence-corrected chi connectivity index (χ0v) is 15.7. The number of halogens is 4. The summed E-state index contributed by atoms with van der Waals surface area (Å²) in [5, 5.41) is 5.45. The largest absolute Gasteiger partial charge is 0.416 e. The van der Waals surface area contributed by atoms with Crippen LogP contribution in [-0.4, -0.2) is 10.9 Å². The molecule has 0 radical (unpaired) electrons. The molecule has 0 unspecified atom stereocenters. The molecule has 27 heavy (non-hydrogen) atoms. The third kappa shape index (κ3) is 4.87. The maximum Gasteiger partial charge on any atom is 0.416 e. The van der Waals surface area contributed by atoms with Gasteiger partial charge in [0.25, 0.3) is 0 Å². The zero-order chi connectivity index (χ0) is 19.6. The van der Waals surface area contributed by atoms with Crippen molar-refractivity contribution in [2.24, 2.45) is 0 Å². The van der Waals surface area contributed by atoms with E-state index in [4.69, 9.17) is 11.6 Å². The minimum atomic E-state index is -4.37. The number of nitrogens with one attached hydrogen (secondary N) is 1. The molecule has 1 heterocycles. The molecule has 0 aliphatic rings. The number of thiazole rings is 1. The Labute approximate surface area is 162 Å². The molecule has 0 aliphatic carbocycles. The first-order valence-corrected chi connectivity index (χ1v) is 9.16. The van der Waals surface area contributed by atoms with Gasteiger partial charge in [0.1, 0.15) is 5.01 Å². The van der Waals surface area contributed by atoms with Crippen molar-refractivity contribution in [1.29, 1.82) is 0 Å². The number of alkyl halides is 3. The Balaban J connectivity index is 1.68. The Kier molecular flexibility index (Phi) is 5.53. The molecule has 3 rings (SSSR count). The van der Waals surface area contributed by atoms with Gasteiger partial charge in [0, 0.05) is 10.9 Å². The number of nitrogens with zero attached hydrogens (tertiary/aromatic N) is 1. The average Bonchev–Trinajstić information content (AvgIpc) is 3.05. The van der Waals surface area contributed by atoms with E-state index in [9.17, 15) is 18.0 Å². The van der Waals surface area contributed by atoms with E-state index >= 15 is 0 Å². The number of hydrogen-bond donors (Lipinski definition) is 1. The summed E-state index contributed by atoms with van der Waals surface area (Å²) in [5.74, 6) is -0.273. The Hall–Kier alpha value is -2.38. The van der Waals surface area contributed by atoms with Crippen molar-refractivity contribution in [3.63, 3.8) is 0 Å². The number of aromatic nitrogens is 1. The van der Waals surface area contributed by atoms with E-state index in [0.717, 1.165) is 17.7 Å². The summed E-state index contributed by atoms with van der Waals surface area (Å²) < 4.78 is 37.9. The van der Waals surface area contributed by atoms with Crippen molar-refractivity contribution in [1.82, 2.24) is 4.98 Å². The van der Waals surface area contributed by atoms with Crippen LogP contribution in [0, 0.1) is 6.92 Å². The molecule has 0 saturated carbocycles. The van der Waals surface area contributed by atoms with E-state index in [2.05, 4.69) is 10.3 Å². The van der Waals surface area contributed by atoms with Gasteiger partial charge in [-0.15, -0.1) is 11.3 Å². The number of anilines is 1. The maximum atomic E-state index is 12.6. The van der Waals surface area contributed by atoms with Crippen LogP contribution in [0.5, 0.6) is 0 Å². The highest BCUT2D eigenvalue weighted by atomic mass is 35.5. The normalized spacial score (nSPS) is 11.4. The second-order valence-electron chi connectivity index (χ2n) is 5.93. The second-order valence-corrected chi connectivity index (χ2v) is 7.19. The van der Waals surface area contributed by atoms with Gasteiger partial charge in [-0.2, -0.15) is 13.2 Å². The maximum absolute atomic E-state index is 12.6. The smallest absolute Gasteiger partial charge is 0.324 e. The van der Waals surface area contributed by atoms with Gasteiger partial charge in [-0.05, 0) is 36.8 Å². The quantitative estimate of drug-likeness (QED) is 0.575. The van der Waals surface area contributed by atoms with Gasteiger partial charge in [-0.3, -0.25) is 4.79 Å². The Bertz CT molecular complexity index is 968. The third-order valence-corrected chi connectivity index (χ3v) is 5.00. The van der Waals surface area contributed by atoms with E-state index in [-0.39, 0.29) is 12.3 Å². The molecule has 0 saturated heterocycles. The fraction of sp³-hybridized carbons (Fsp3) is 0.158. The number of rotatable bonds is 4. The molecule has 2 aromatic carbocycles. The summed E-state index contributed by atoms with van der Waals surface area (Å²) in [6.07, 6.45) is -4.33. The number of hydrogen-bond acceptors (Lipinski definition) is 3. The highest BCUT2D eigenvalue weighted by Gasteiger charge is 2.30. The SMILES string of the molecule is Cc1ccc(NC(=O)Cc2csc(-c3ccc(C(F)(F)F)cc3)n2)c(Cl)c1. The van der Waals surface area contributed by atoms with Crippen LogP contribution in [0.3, 0.4) is 0 Å². The van der Waals surface area contributed by atoms with Gasteiger partial charge >= 0.3 is 6.18 Å². The second kappa shape index (κ2) is 7.70. The van der Waals surface area contributed by atoms with E-state index in [1.54, 1.807) is 17.5 Å². The van der Waals surface area contributed by atoms with Crippen LogP contribution in [0.2, 0.25) is 5.02 Å². The molecule has 140 valence electrons.